The molecule has 1 saturated heterocycles. The van der Waals surface area contributed by atoms with Crippen molar-refractivity contribution in [3.63, 3.8) is 0 Å². The molecule has 1 aliphatic heterocycles. The Morgan fingerprint density at radius 1 is 0.607 bits per heavy atom. The summed E-state index contributed by atoms with van der Waals surface area (Å²) in [4.78, 5) is 13.3. The highest BCUT2D eigenvalue weighted by molar-refractivity contribution is 7.72. The number of Topliss-reactive ketones (excluding diaryl/α,β-unsaturated/α-hetero) is 1. The number of carbonyl (C=O) groups is 1. The first-order valence-electron chi connectivity index (χ1n) is 9.83. The summed E-state index contributed by atoms with van der Waals surface area (Å²) < 4.78 is 15.1. The van der Waals surface area contributed by atoms with Crippen LogP contribution in [0.3, 0.4) is 0 Å². The summed E-state index contributed by atoms with van der Waals surface area (Å²) in [6.45, 7) is 3.90. The first kappa shape index (κ1) is 18.9. The number of rotatable bonds is 3. The van der Waals surface area contributed by atoms with Crippen LogP contribution in [0.15, 0.2) is 91.0 Å². The van der Waals surface area contributed by atoms with Gasteiger partial charge in [-0.25, -0.2) is 0 Å². The molecule has 2 nitrogen and oxygen atoms in total. The second kappa shape index (κ2) is 7.53. The van der Waals surface area contributed by atoms with Crippen LogP contribution in [-0.2, 0) is 9.36 Å². The van der Waals surface area contributed by atoms with Gasteiger partial charge in [0.25, 0.3) is 0 Å². The molecule has 0 bridgehead atoms. The molecule has 3 aromatic rings. The molecule has 5 atom stereocenters. The molecule has 3 heteroatoms. The van der Waals surface area contributed by atoms with Gasteiger partial charge in [-0.05, 0) is 11.1 Å². The average molecular weight is 388 g/mol. The van der Waals surface area contributed by atoms with Gasteiger partial charge in [0, 0.05) is 17.1 Å². The van der Waals surface area contributed by atoms with Gasteiger partial charge in [0.05, 0.1) is 11.3 Å². The highest BCUT2D eigenvalue weighted by Gasteiger charge is 2.55. The third-order valence-corrected chi connectivity index (χ3v) is 10.4. The van der Waals surface area contributed by atoms with Crippen molar-refractivity contribution in [2.75, 3.05) is 0 Å². The molecule has 142 valence electrons. The van der Waals surface area contributed by atoms with Gasteiger partial charge in [-0.1, -0.05) is 105 Å². The molecule has 0 spiro atoms. The molecule has 0 saturated carbocycles. The van der Waals surface area contributed by atoms with Crippen LogP contribution in [0, 0.1) is 11.8 Å². The smallest absolute Gasteiger partial charge is 0.140 e. The molecule has 0 aromatic heterocycles. The van der Waals surface area contributed by atoms with E-state index in [9.17, 15) is 4.79 Å². The molecule has 0 N–H and O–H groups in total. The summed E-state index contributed by atoms with van der Waals surface area (Å²) in [5, 5.41) is 0.865. The van der Waals surface area contributed by atoms with Gasteiger partial charge in [-0.15, -0.1) is 0 Å². The standard InChI is InChI=1S/C25H25O2P/c1-18-23(26)19(2)25(21-14-8-4-9-15-21)28(27,22-16-10-5-11-17-22)24(18)20-12-6-3-7-13-20/h3-19,24-25H,1-2H3/t18-,19+,24-,25-,28?/m0/s1. The Hall–Kier alpha value is -2.44. The van der Waals surface area contributed by atoms with Gasteiger partial charge >= 0.3 is 0 Å². The van der Waals surface area contributed by atoms with Crippen molar-refractivity contribution in [1.29, 1.82) is 0 Å². The van der Waals surface area contributed by atoms with Gasteiger partial charge in [0.15, 0.2) is 0 Å². The third-order valence-electron chi connectivity index (χ3n) is 6.11. The minimum Gasteiger partial charge on any atom is -0.317 e. The fourth-order valence-electron chi connectivity index (χ4n) is 4.87. The minimum atomic E-state index is -3.00. The van der Waals surface area contributed by atoms with Crippen molar-refractivity contribution in [3.8, 4) is 0 Å². The SMILES string of the molecule is C[C@@H]1C(=O)[C@H](C)[C@@H](c2ccccc2)P(=O)(c2ccccc2)[C@@H]1c1ccccc1. The first-order chi connectivity index (χ1) is 13.5. The van der Waals surface area contributed by atoms with Crippen molar-refractivity contribution in [3.05, 3.63) is 102 Å². The summed E-state index contributed by atoms with van der Waals surface area (Å²) in [7, 11) is -3.00. The molecule has 0 radical (unpaired) electrons. The lowest BCUT2D eigenvalue weighted by Gasteiger charge is -2.45. The number of hydrogen-bond acceptors (Lipinski definition) is 2. The Morgan fingerprint density at radius 3 is 1.36 bits per heavy atom. The minimum absolute atomic E-state index is 0.199. The predicted molar refractivity (Wildman–Crippen MR) is 115 cm³/mol. The highest BCUT2D eigenvalue weighted by atomic mass is 31.2. The van der Waals surface area contributed by atoms with Crippen molar-refractivity contribution in [2.24, 2.45) is 11.8 Å². The maximum atomic E-state index is 15.1. The first-order valence-corrected chi connectivity index (χ1v) is 11.7. The van der Waals surface area contributed by atoms with E-state index in [1.807, 2.05) is 105 Å². The number of benzene rings is 3. The van der Waals surface area contributed by atoms with E-state index in [0.717, 1.165) is 16.4 Å². The quantitative estimate of drug-likeness (QED) is 0.515. The lowest BCUT2D eigenvalue weighted by atomic mass is 9.85. The highest BCUT2D eigenvalue weighted by Crippen LogP contribution is 2.74. The van der Waals surface area contributed by atoms with Crippen molar-refractivity contribution in [1.82, 2.24) is 0 Å². The van der Waals surface area contributed by atoms with Crippen molar-refractivity contribution < 1.29 is 9.36 Å². The summed E-state index contributed by atoms with van der Waals surface area (Å²) in [5.74, 6) is -0.378. The number of carbonyl (C=O) groups excluding carboxylic acids is 1. The number of hydrogen-bond donors (Lipinski definition) is 0. The summed E-state index contributed by atoms with van der Waals surface area (Å²) in [5.41, 5.74) is 1.35. The predicted octanol–water partition coefficient (Wildman–Crippen LogP) is 6.01. The normalized spacial score (nSPS) is 30.1. The van der Waals surface area contributed by atoms with Gasteiger partial charge in [0.1, 0.15) is 12.9 Å². The Labute approximate surface area is 167 Å². The zero-order valence-corrected chi connectivity index (χ0v) is 17.1. The maximum absolute atomic E-state index is 15.1. The topological polar surface area (TPSA) is 34.1 Å². The summed E-state index contributed by atoms with van der Waals surface area (Å²) in [6, 6.07) is 29.7. The van der Waals surface area contributed by atoms with E-state index in [-0.39, 0.29) is 28.9 Å². The monoisotopic (exact) mass is 388 g/mol. The van der Waals surface area contributed by atoms with E-state index < -0.39 is 7.14 Å². The Bertz CT molecular complexity index is 939. The van der Waals surface area contributed by atoms with Gasteiger partial charge < -0.3 is 4.57 Å². The molecule has 0 amide bonds. The molecule has 3 aromatic carbocycles. The van der Waals surface area contributed by atoms with E-state index in [1.54, 1.807) is 0 Å². The lowest BCUT2D eigenvalue weighted by molar-refractivity contribution is -0.126. The van der Waals surface area contributed by atoms with Crippen LogP contribution in [0.25, 0.3) is 0 Å². The van der Waals surface area contributed by atoms with Crippen LogP contribution in [0.1, 0.15) is 36.3 Å². The molecular formula is C25H25O2P. The van der Waals surface area contributed by atoms with Crippen LogP contribution < -0.4 is 5.30 Å². The van der Waals surface area contributed by atoms with Crippen LogP contribution in [-0.4, -0.2) is 5.78 Å². The molecule has 28 heavy (non-hydrogen) atoms. The zero-order valence-electron chi connectivity index (χ0n) is 16.2. The van der Waals surface area contributed by atoms with E-state index in [4.69, 9.17) is 0 Å². The molecule has 1 aliphatic rings. The van der Waals surface area contributed by atoms with Crippen molar-refractivity contribution >= 4 is 18.2 Å². The Kier molecular flexibility index (Phi) is 5.08. The molecule has 4 rings (SSSR count). The summed E-state index contributed by atoms with van der Waals surface area (Å²) >= 11 is 0. The average Bonchev–Trinajstić information content (AvgIpc) is 2.74. The van der Waals surface area contributed by atoms with Crippen LogP contribution in [0.2, 0.25) is 0 Å². The fourth-order valence-corrected chi connectivity index (χ4v) is 9.35. The summed E-state index contributed by atoms with van der Waals surface area (Å²) in [6.07, 6.45) is 0. The number of ketones is 1. The Morgan fingerprint density at radius 2 is 0.964 bits per heavy atom. The van der Waals surface area contributed by atoms with Gasteiger partial charge in [-0.2, -0.15) is 0 Å². The van der Waals surface area contributed by atoms with Gasteiger partial charge in [0.2, 0.25) is 0 Å². The van der Waals surface area contributed by atoms with Crippen LogP contribution >= 0.6 is 7.14 Å². The largest absolute Gasteiger partial charge is 0.317 e. The van der Waals surface area contributed by atoms with Crippen LogP contribution in [0.4, 0.5) is 0 Å². The molecular weight excluding hydrogens is 363 g/mol. The van der Waals surface area contributed by atoms with E-state index in [1.165, 1.54) is 0 Å². The molecule has 1 heterocycles. The Balaban J connectivity index is 2.01. The second-order valence-electron chi connectivity index (χ2n) is 7.74. The molecule has 1 fully saturated rings. The van der Waals surface area contributed by atoms with Crippen molar-refractivity contribution in [2.45, 2.75) is 25.2 Å². The van der Waals surface area contributed by atoms with Crippen LogP contribution in [0.5, 0.6) is 0 Å². The molecule has 1 unspecified atom stereocenters. The second-order valence-corrected chi connectivity index (χ2v) is 10.8. The molecule has 0 aliphatic carbocycles. The lowest BCUT2D eigenvalue weighted by Crippen LogP contribution is -2.38. The third kappa shape index (κ3) is 2.97. The fraction of sp³-hybridized carbons (Fsp3) is 0.240. The van der Waals surface area contributed by atoms with E-state index >= 15 is 4.57 Å². The zero-order chi connectivity index (χ0) is 19.7. The maximum Gasteiger partial charge on any atom is 0.140 e. The van der Waals surface area contributed by atoms with E-state index in [0.29, 0.717) is 0 Å². The van der Waals surface area contributed by atoms with E-state index in [2.05, 4.69) is 0 Å². The van der Waals surface area contributed by atoms with Gasteiger partial charge in [-0.3, -0.25) is 4.79 Å².